The molecule has 0 saturated carbocycles. The Hall–Kier alpha value is -1.66. The van der Waals surface area contributed by atoms with Crippen LogP contribution in [0.25, 0.3) is 0 Å². The van der Waals surface area contributed by atoms with Gasteiger partial charge in [-0.05, 0) is 24.3 Å². The van der Waals surface area contributed by atoms with E-state index >= 15 is 0 Å². The standard InChI is InChI=1S/2C16H27N2.2ClH/c2*1-5-9-16(10-6-2)15-17-11-14-18(16,12-7-3)13-8-4;;/h2*5-8,17H,1-4,9-15H2;2*1H/q2*+1;;/p-2. The summed E-state index contributed by atoms with van der Waals surface area (Å²) in [4.78, 5) is 0. The first-order valence-electron chi connectivity index (χ1n) is 13.4. The molecule has 2 aliphatic heterocycles. The Morgan fingerprint density at radius 3 is 0.947 bits per heavy atom. The van der Waals surface area contributed by atoms with Crippen LogP contribution in [0.5, 0.6) is 0 Å². The number of halogens is 2. The summed E-state index contributed by atoms with van der Waals surface area (Å²) in [5, 5.41) is 7.07. The Morgan fingerprint density at radius 2 is 0.737 bits per heavy atom. The second-order valence-electron chi connectivity index (χ2n) is 10.4. The summed E-state index contributed by atoms with van der Waals surface area (Å²) >= 11 is 0. The SMILES string of the molecule is C=CCC1(CC=C)CNCC[N+]1(CC=C)CC=C.C=CCC1(CC=C)CNCC[N+]1(CC=C)CC=C.[Cl-].[Cl-]. The summed E-state index contributed by atoms with van der Waals surface area (Å²) in [5.74, 6) is 0. The highest BCUT2D eigenvalue weighted by atomic mass is 35.5. The van der Waals surface area contributed by atoms with Crippen LogP contribution in [0, 0.1) is 0 Å². The number of nitrogens with one attached hydrogen (secondary N) is 2. The molecule has 0 unspecified atom stereocenters. The van der Waals surface area contributed by atoms with Crippen molar-refractivity contribution in [3.05, 3.63) is 101 Å². The fourth-order valence-electron chi connectivity index (χ4n) is 6.62. The van der Waals surface area contributed by atoms with E-state index in [1.165, 1.54) is 0 Å². The molecule has 0 aliphatic carbocycles. The van der Waals surface area contributed by atoms with Gasteiger partial charge in [0.2, 0.25) is 0 Å². The van der Waals surface area contributed by atoms with Crippen molar-refractivity contribution in [1.29, 1.82) is 0 Å². The Bertz CT molecular complexity index is 605. The predicted octanol–water partition coefficient (Wildman–Crippen LogP) is -0.653. The van der Waals surface area contributed by atoms with Gasteiger partial charge in [-0.25, -0.2) is 0 Å². The number of piperazine rings is 2. The highest BCUT2D eigenvalue weighted by Gasteiger charge is 2.50. The number of hydrogen-bond donors (Lipinski definition) is 2. The minimum atomic E-state index is 0. The summed E-state index contributed by atoms with van der Waals surface area (Å²) in [6, 6.07) is 0. The van der Waals surface area contributed by atoms with Crippen LogP contribution in [-0.4, -0.2) is 85.5 Å². The maximum Gasteiger partial charge on any atom is 0.119 e. The third kappa shape index (κ3) is 8.67. The first kappa shape index (κ1) is 38.5. The van der Waals surface area contributed by atoms with Gasteiger partial charge < -0.3 is 44.4 Å². The minimum absolute atomic E-state index is 0. The van der Waals surface area contributed by atoms with Gasteiger partial charge >= 0.3 is 0 Å². The molecule has 2 fully saturated rings. The van der Waals surface area contributed by atoms with Gasteiger partial charge in [-0.2, -0.15) is 0 Å². The molecule has 0 spiro atoms. The maximum atomic E-state index is 3.95. The van der Waals surface area contributed by atoms with Crippen LogP contribution < -0.4 is 35.4 Å². The zero-order valence-corrected chi connectivity index (χ0v) is 25.3. The van der Waals surface area contributed by atoms with E-state index in [0.717, 1.165) is 100 Å². The van der Waals surface area contributed by atoms with E-state index in [1.807, 2.05) is 48.6 Å². The fourth-order valence-corrected chi connectivity index (χ4v) is 6.62. The molecular weight excluding hydrogens is 511 g/mol. The molecule has 2 heterocycles. The molecule has 38 heavy (non-hydrogen) atoms. The first-order valence-corrected chi connectivity index (χ1v) is 13.4. The van der Waals surface area contributed by atoms with Gasteiger partial charge in [0.05, 0.1) is 52.4 Å². The monoisotopic (exact) mass is 564 g/mol. The third-order valence-corrected chi connectivity index (χ3v) is 8.37. The largest absolute Gasteiger partial charge is 1.00 e. The average molecular weight is 566 g/mol. The summed E-state index contributed by atoms with van der Waals surface area (Å²) in [6.07, 6.45) is 20.3. The molecule has 0 aromatic carbocycles. The van der Waals surface area contributed by atoms with Crippen molar-refractivity contribution < 1.29 is 33.8 Å². The molecule has 0 bridgehead atoms. The molecule has 0 radical (unpaired) electrons. The molecule has 2 aliphatic rings. The molecule has 0 amide bonds. The summed E-state index contributed by atoms with van der Waals surface area (Å²) < 4.78 is 2.04. The van der Waals surface area contributed by atoms with Crippen LogP contribution in [0.1, 0.15) is 25.7 Å². The Kier molecular flexibility index (Phi) is 19.7. The van der Waals surface area contributed by atoms with Gasteiger partial charge in [0.25, 0.3) is 0 Å². The number of nitrogens with zero attached hydrogens (tertiary/aromatic N) is 2. The molecule has 2 N–H and O–H groups in total. The molecule has 6 heteroatoms. The van der Waals surface area contributed by atoms with Gasteiger partial charge in [-0.15, -0.1) is 26.3 Å². The number of hydrogen-bond acceptors (Lipinski definition) is 2. The fraction of sp³-hybridized carbons (Fsp3) is 0.500. The normalized spacial score (nSPS) is 19.8. The van der Waals surface area contributed by atoms with E-state index in [4.69, 9.17) is 0 Å². The van der Waals surface area contributed by atoms with Crippen molar-refractivity contribution in [2.24, 2.45) is 0 Å². The number of quaternary nitrogens is 2. The highest BCUT2D eigenvalue weighted by molar-refractivity contribution is 5.01. The lowest BCUT2D eigenvalue weighted by Crippen LogP contribution is -3.00. The lowest BCUT2D eigenvalue weighted by Gasteiger charge is -2.55. The zero-order chi connectivity index (χ0) is 27.0. The minimum Gasteiger partial charge on any atom is -1.00 e. The lowest BCUT2D eigenvalue weighted by molar-refractivity contribution is -0.968. The average Bonchev–Trinajstić information content (AvgIpc) is 2.85. The van der Waals surface area contributed by atoms with Crippen molar-refractivity contribution >= 4 is 0 Å². The summed E-state index contributed by atoms with van der Waals surface area (Å²) in [6.45, 7) is 41.8. The van der Waals surface area contributed by atoms with Crippen LogP contribution >= 0.6 is 0 Å². The smallest absolute Gasteiger partial charge is 0.119 e. The van der Waals surface area contributed by atoms with E-state index in [2.05, 4.69) is 63.3 Å². The van der Waals surface area contributed by atoms with Crippen LogP contribution in [0.3, 0.4) is 0 Å². The van der Waals surface area contributed by atoms with Crippen molar-refractivity contribution in [3.63, 3.8) is 0 Å². The molecule has 216 valence electrons. The maximum absolute atomic E-state index is 3.95. The second kappa shape index (κ2) is 19.4. The molecule has 0 aromatic heterocycles. The molecule has 0 aromatic rings. The summed E-state index contributed by atoms with van der Waals surface area (Å²) in [5.41, 5.74) is 0.286. The first-order chi connectivity index (χ1) is 17.4. The van der Waals surface area contributed by atoms with Crippen molar-refractivity contribution in [1.82, 2.24) is 10.6 Å². The van der Waals surface area contributed by atoms with Crippen molar-refractivity contribution in [3.8, 4) is 0 Å². The Balaban J connectivity index is 0. The van der Waals surface area contributed by atoms with Crippen molar-refractivity contribution in [2.75, 3.05) is 65.4 Å². The van der Waals surface area contributed by atoms with Gasteiger partial charge in [0.15, 0.2) is 0 Å². The molecule has 4 nitrogen and oxygen atoms in total. The predicted molar refractivity (Wildman–Crippen MR) is 161 cm³/mol. The van der Waals surface area contributed by atoms with E-state index in [0.29, 0.717) is 0 Å². The van der Waals surface area contributed by atoms with E-state index in [9.17, 15) is 0 Å². The Labute approximate surface area is 247 Å². The third-order valence-electron chi connectivity index (χ3n) is 8.37. The topological polar surface area (TPSA) is 24.1 Å². The van der Waals surface area contributed by atoms with Gasteiger partial charge in [0.1, 0.15) is 11.1 Å². The zero-order valence-electron chi connectivity index (χ0n) is 23.8. The van der Waals surface area contributed by atoms with Crippen LogP contribution in [0.15, 0.2) is 101 Å². The van der Waals surface area contributed by atoms with Gasteiger partial charge in [-0.1, -0.05) is 50.6 Å². The Morgan fingerprint density at radius 1 is 0.474 bits per heavy atom. The van der Waals surface area contributed by atoms with Gasteiger partial charge in [-0.3, -0.25) is 0 Å². The molecular formula is C32H54Cl2N4. The molecule has 0 atom stereocenters. The van der Waals surface area contributed by atoms with E-state index in [-0.39, 0.29) is 35.9 Å². The van der Waals surface area contributed by atoms with Crippen LogP contribution in [-0.2, 0) is 0 Å². The molecule has 2 rings (SSSR count). The number of rotatable bonds is 16. The van der Waals surface area contributed by atoms with E-state index in [1.54, 1.807) is 0 Å². The van der Waals surface area contributed by atoms with Crippen LogP contribution in [0.4, 0.5) is 0 Å². The quantitative estimate of drug-likeness (QED) is 0.192. The summed E-state index contributed by atoms with van der Waals surface area (Å²) in [7, 11) is 0. The van der Waals surface area contributed by atoms with Crippen molar-refractivity contribution in [2.45, 2.75) is 36.8 Å². The molecule has 2 saturated heterocycles. The second-order valence-corrected chi connectivity index (χ2v) is 10.4. The lowest BCUT2D eigenvalue weighted by atomic mass is 9.83. The van der Waals surface area contributed by atoms with Crippen LogP contribution in [0.2, 0.25) is 0 Å². The highest BCUT2D eigenvalue weighted by Crippen LogP contribution is 2.36. The van der Waals surface area contributed by atoms with E-state index < -0.39 is 0 Å². The van der Waals surface area contributed by atoms with Gasteiger partial charge in [0, 0.05) is 38.8 Å².